The Bertz CT molecular complexity index is 1040. The number of imide groups is 1. The highest BCUT2D eigenvalue weighted by molar-refractivity contribution is 7.89. The fraction of sp³-hybridized carbons (Fsp3) is 0.263. The van der Waals surface area contributed by atoms with Crippen molar-refractivity contribution in [2.24, 2.45) is 5.73 Å². The molecule has 1 fully saturated rings. The Balaban J connectivity index is 1.78. The molecule has 0 saturated carbocycles. The highest BCUT2D eigenvalue weighted by atomic mass is 35.5. The van der Waals surface area contributed by atoms with Crippen LogP contribution in [0.4, 0.5) is 9.18 Å². The molecule has 1 heterocycles. The van der Waals surface area contributed by atoms with Crippen molar-refractivity contribution < 1.29 is 22.4 Å². The summed E-state index contributed by atoms with van der Waals surface area (Å²) >= 11 is 5.72. The smallest absolute Gasteiger partial charge is 0.318 e. The number of benzene rings is 2. The Morgan fingerprint density at radius 1 is 1.07 bits per heavy atom. The highest BCUT2D eigenvalue weighted by Crippen LogP contribution is 2.26. The SMILES string of the molecule is NC(=O)NC(=O)C(c1ccccc1)N1CCN(S(=O)(=O)c2ccc(F)c(Cl)c2)CC1. The fourth-order valence-electron chi connectivity index (χ4n) is 3.34. The number of nitrogens with one attached hydrogen (secondary N) is 1. The second-order valence-electron chi connectivity index (χ2n) is 6.68. The van der Waals surface area contributed by atoms with E-state index >= 15 is 0 Å². The van der Waals surface area contributed by atoms with E-state index in [1.807, 2.05) is 0 Å². The number of carbonyl (C=O) groups excluding carboxylic acids is 2. The van der Waals surface area contributed by atoms with E-state index in [-0.39, 0.29) is 36.1 Å². The maximum absolute atomic E-state index is 13.4. The van der Waals surface area contributed by atoms with Crippen molar-refractivity contribution in [3.63, 3.8) is 0 Å². The van der Waals surface area contributed by atoms with Crippen LogP contribution < -0.4 is 11.1 Å². The number of hydrogen-bond donors (Lipinski definition) is 2. The number of nitrogens with zero attached hydrogens (tertiary/aromatic N) is 2. The van der Waals surface area contributed by atoms with Crippen LogP contribution in [-0.4, -0.2) is 55.7 Å². The molecule has 3 rings (SSSR count). The van der Waals surface area contributed by atoms with Crippen LogP contribution in [0, 0.1) is 5.82 Å². The first-order valence-electron chi connectivity index (χ1n) is 9.04. The molecule has 1 atom stereocenters. The summed E-state index contributed by atoms with van der Waals surface area (Å²) in [6.07, 6.45) is 0. The lowest BCUT2D eigenvalue weighted by atomic mass is 10.0. The van der Waals surface area contributed by atoms with E-state index in [4.69, 9.17) is 17.3 Å². The first kappa shape index (κ1) is 22.2. The summed E-state index contributed by atoms with van der Waals surface area (Å²) in [6, 6.07) is 10.3. The molecule has 0 aliphatic carbocycles. The number of carbonyl (C=O) groups is 2. The van der Waals surface area contributed by atoms with Gasteiger partial charge in [-0.1, -0.05) is 41.9 Å². The monoisotopic (exact) mass is 454 g/mol. The Morgan fingerprint density at radius 3 is 2.27 bits per heavy atom. The number of hydrogen-bond acceptors (Lipinski definition) is 5. The van der Waals surface area contributed by atoms with Crippen LogP contribution >= 0.6 is 11.6 Å². The number of rotatable bonds is 5. The molecule has 1 aliphatic heterocycles. The molecular weight excluding hydrogens is 435 g/mol. The van der Waals surface area contributed by atoms with Crippen molar-refractivity contribution in [1.82, 2.24) is 14.5 Å². The molecular formula is C19H20ClFN4O4S. The van der Waals surface area contributed by atoms with E-state index in [0.29, 0.717) is 5.56 Å². The molecule has 1 aliphatic rings. The van der Waals surface area contributed by atoms with Crippen LogP contribution in [0.15, 0.2) is 53.4 Å². The van der Waals surface area contributed by atoms with Gasteiger partial charge in [-0.25, -0.2) is 17.6 Å². The first-order chi connectivity index (χ1) is 14.2. The molecule has 0 bridgehead atoms. The average Bonchev–Trinajstić information content (AvgIpc) is 2.71. The number of halogens is 2. The topological polar surface area (TPSA) is 113 Å². The van der Waals surface area contributed by atoms with Gasteiger partial charge in [-0.05, 0) is 23.8 Å². The maximum Gasteiger partial charge on any atom is 0.318 e. The Kier molecular flexibility index (Phi) is 6.71. The van der Waals surface area contributed by atoms with Gasteiger partial charge in [0, 0.05) is 26.2 Å². The molecule has 30 heavy (non-hydrogen) atoms. The third kappa shape index (κ3) is 4.78. The zero-order valence-corrected chi connectivity index (χ0v) is 17.4. The fourth-order valence-corrected chi connectivity index (χ4v) is 5.04. The standard InChI is InChI=1S/C19H20ClFN4O4S/c20-15-12-14(6-7-16(15)21)30(28,29)25-10-8-24(9-11-25)17(18(26)23-19(22)27)13-4-2-1-3-5-13/h1-7,12,17H,8-11H2,(H3,22,23,26,27). The third-order valence-electron chi connectivity index (χ3n) is 4.78. The van der Waals surface area contributed by atoms with Crippen molar-refractivity contribution in [3.05, 3.63) is 64.9 Å². The van der Waals surface area contributed by atoms with Gasteiger partial charge in [-0.15, -0.1) is 0 Å². The van der Waals surface area contributed by atoms with Crippen LogP contribution in [0.2, 0.25) is 5.02 Å². The minimum absolute atomic E-state index is 0.102. The normalized spacial score (nSPS) is 16.7. The van der Waals surface area contributed by atoms with E-state index in [2.05, 4.69) is 5.32 Å². The molecule has 3 amide bonds. The number of amides is 3. The Labute approximate surface area is 178 Å². The number of piperazine rings is 1. The molecule has 1 saturated heterocycles. The maximum atomic E-state index is 13.4. The molecule has 0 spiro atoms. The van der Waals surface area contributed by atoms with Crippen molar-refractivity contribution in [3.8, 4) is 0 Å². The first-order valence-corrected chi connectivity index (χ1v) is 10.9. The summed E-state index contributed by atoms with van der Waals surface area (Å²) in [5.41, 5.74) is 5.74. The van der Waals surface area contributed by atoms with Crippen LogP contribution in [0.5, 0.6) is 0 Å². The van der Waals surface area contributed by atoms with Gasteiger partial charge in [0.25, 0.3) is 0 Å². The van der Waals surface area contributed by atoms with E-state index in [1.54, 1.807) is 35.2 Å². The third-order valence-corrected chi connectivity index (χ3v) is 6.96. The molecule has 2 aromatic rings. The molecule has 11 heteroatoms. The van der Waals surface area contributed by atoms with E-state index in [0.717, 1.165) is 18.2 Å². The molecule has 1 unspecified atom stereocenters. The van der Waals surface area contributed by atoms with Gasteiger partial charge in [0.05, 0.1) is 9.92 Å². The minimum atomic E-state index is -3.87. The molecule has 160 valence electrons. The van der Waals surface area contributed by atoms with Gasteiger partial charge in [0.2, 0.25) is 15.9 Å². The lowest BCUT2D eigenvalue weighted by molar-refractivity contribution is -0.126. The lowest BCUT2D eigenvalue weighted by Gasteiger charge is -2.38. The minimum Gasteiger partial charge on any atom is -0.351 e. The van der Waals surface area contributed by atoms with Gasteiger partial charge in [-0.2, -0.15) is 4.31 Å². The van der Waals surface area contributed by atoms with Gasteiger partial charge >= 0.3 is 6.03 Å². The number of nitrogens with two attached hydrogens (primary N) is 1. The molecule has 8 nitrogen and oxygen atoms in total. The molecule has 3 N–H and O–H groups in total. The van der Waals surface area contributed by atoms with E-state index in [1.165, 1.54) is 4.31 Å². The molecule has 0 radical (unpaired) electrons. The van der Waals surface area contributed by atoms with Crippen molar-refractivity contribution >= 4 is 33.6 Å². The second kappa shape index (κ2) is 9.09. The van der Waals surface area contributed by atoms with Gasteiger partial charge in [0.1, 0.15) is 11.9 Å². The molecule has 0 aromatic heterocycles. The van der Waals surface area contributed by atoms with Crippen LogP contribution in [0.3, 0.4) is 0 Å². The number of primary amides is 1. The summed E-state index contributed by atoms with van der Waals surface area (Å²) in [4.78, 5) is 25.4. The van der Waals surface area contributed by atoms with Crippen molar-refractivity contribution in [2.45, 2.75) is 10.9 Å². The lowest BCUT2D eigenvalue weighted by Crippen LogP contribution is -2.53. The quantitative estimate of drug-likeness (QED) is 0.714. The van der Waals surface area contributed by atoms with Gasteiger partial charge in [-0.3, -0.25) is 15.0 Å². The summed E-state index contributed by atoms with van der Waals surface area (Å²) < 4.78 is 40.4. The number of sulfonamides is 1. The largest absolute Gasteiger partial charge is 0.351 e. The zero-order valence-electron chi connectivity index (χ0n) is 15.8. The van der Waals surface area contributed by atoms with Gasteiger partial charge < -0.3 is 5.73 Å². The zero-order chi connectivity index (χ0) is 21.9. The van der Waals surface area contributed by atoms with Crippen molar-refractivity contribution in [1.29, 1.82) is 0 Å². The van der Waals surface area contributed by atoms with Crippen LogP contribution in [0.1, 0.15) is 11.6 Å². The predicted molar refractivity (Wildman–Crippen MR) is 109 cm³/mol. The summed E-state index contributed by atoms with van der Waals surface area (Å²) in [6.45, 7) is 0.675. The van der Waals surface area contributed by atoms with E-state index < -0.39 is 33.8 Å². The Morgan fingerprint density at radius 2 is 1.70 bits per heavy atom. The summed E-state index contributed by atoms with van der Waals surface area (Å²) in [5.74, 6) is -1.29. The summed E-state index contributed by atoms with van der Waals surface area (Å²) in [5, 5.41) is 1.82. The summed E-state index contributed by atoms with van der Waals surface area (Å²) in [7, 11) is -3.87. The second-order valence-corrected chi connectivity index (χ2v) is 9.03. The molecule has 2 aromatic carbocycles. The Hall–Kier alpha value is -2.53. The van der Waals surface area contributed by atoms with E-state index in [9.17, 15) is 22.4 Å². The predicted octanol–water partition coefficient (Wildman–Crippen LogP) is 1.72. The highest BCUT2D eigenvalue weighted by Gasteiger charge is 2.35. The average molecular weight is 455 g/mol. The van der Waals surface area contributed by atoms with Crippen LogP contribution in [0.25, 0.3) is 0 Å². The number of urea groups is 1. The van der Waals surface area contributed by atoms with Crippen LogP contribution in [-0.2, 0) is 14.8 Å². The van der Waals surface area contributed by atoms with Gasteiger partial charge in [0.15, 0.2) is 0 Å². The van der Waals surface area contributed by atoms with Crippen molar-refractivity contribution in [2.75, 3.05) is 26.2 Å².